The number of amides is 1. The van der Waals surface area contributed by atoms with Gasteiger partial charge in [0.25, 0.3) is 11.5 Å². The van der Waals surface area contributed by atoms with E-state index in [1.807, 2.05) is 11.0 Å². The third-order valence-electron chi connectivity index (χ3n) is 7.57. The van der Waals surface area contributed by atoms with Gasteiger partial charge in [-0.25, -0.2) is 18.2 Å². The minimum Gasteiger partial charge on any atom is -0.381 e. The summed E-state index contributed by atoms with van der Waals surface area (Å²) in [5.74, 6) is -2.98. The number of fused-ring (bicyclic) bond motifs is 2. The number of benzene rings is 2. The number of hydrogen-bond acceptors (Lipinski definition) is 6. The maximum atomic E-state index is 14.2. The van der Waals surface area contributed by atoms with Gasteiger partial charge in [0.15, 0.2) is 11.6 Å². The Morgan fingerprint density at radius 2 is 1.90 bits per heavy atom. The lowest BCUT2D eigenvalue weighted by molar-refractivity contribution is 0.0327. The maximum Gasteiger partial charge on any atom is 0.261 e. The lowest BCUT2D eigenvalue weighted by atomic mass is 10.1. The summed E-state index contributed by atoms with van der Waals surface area (Å²) in [7, 11) is 0. The normalized spacial score (nSPS) is 16.4. The molecule has 6 rings (SSSR count). The number of H-pyrrole nitrogens is 2. The molecule has 0 bridgehead atoms. The van der Waals surface area contributed by atoms with Crippen molar-refractivity contribution in [3.63, 3.8) is 0 Å². The van der Waals surface area contributed by atoms with Crippen LogP contribution >= 0.6 is 0 Å². The molecular formula is C29H29F3N6O3. The van der Waals surface area contributed by atoms with Crippen molar-refractivity contribution in [3.05, 3.63) is 81.0 Å². The Bertz CT molecular complexity index is 1680. The molecule has 41 heavy (non-hydrogen) atoms. The number of anilines is 1. The molecule has 1 atom stereocenters. The van der Waals surface area contributed by atoms with E-state index in [0.29, 0.717) is 60.5 Å². The number of morpholine rings is 1. The number of aromatic nitrogens is 3. The number of hydrogen-bond donors (Lipinski definition) is 3. The molecule has 0 saturated carbocycles. The molecule has 214 valence electrons. The molecule has 4 heterocycles. The highest BCUT2D eigenvalue weighted by atomic mass is 19.2. The molecular weight excluding hydrogens is 537 g/mol. The first-order chi connectivity index (χ1) is 19.8. The van der Waals surface area contributed by atoms with Crippen LogP contribution in [0.15, 0.2) is 41.3 Å². The standard InChI is InChI=1S/C29H29F3N6O3/c1-16(10-17-11-19(30)13-21(31)26(17)32)34-22-2-3-33-28(39)25(22)27-35-23-12-18-15-38(5-4-37-6-8-41-9-7-37)29(40)20(18)14-24(23)36-27/h2-3,11-14,16H,4-10,15H2,1H3,(H,35,36)(H2,33,34,39)/t16-/m0/s1. The van der Waals surface area contributed by atoms with Gasteiger partial charge in [-0.15, -0.1) is 0 Å². The molecule has 1 amide bonds. The number of rotatable bonds is 8. The van der Waals surface area contributed by atoms with Crippen LogP contribution in [0.4, 0.5) is 18.9 Å². The zero-order valence-electron chi connectivity index (χ0n) is 22.4. The predicted octanol–water partition coefficient (Wildman–Crippen LogP) is 3.67. The van der Waals surface area contributed by atoms with E-state index in [-0.39, 0.29) is 23.5 Å². The van der Waals surface area contributed by atoms with Crippen LogP contribution in [0.5, 0.6) is 0 Å². The minimum absolute atomic E-state index is 0.0241. The largest absolute Gasteiger partial charge is 0.381 e. The summed E-state index contributed by atoms with van der Waals surface area (Å²) in [4.78, 5) is 40.6. The highest BCUT2D eigenvalue weighted by Gasteiger charge is 2.29. The minimum atomic E-state index is -1.25. The van der Waals surface area contributed by atoms with Gasteiger partial charge in [-0.2, -0.15) is 0 Å². The highest BCUT2D eigenvalue weighted by molar-refractivity contribution is 6.02. The molecule has 1 fully saturated rings. The van der Waals surface area contributed by atoms with Crippen LogP contribution in [0.2, 0.25) is 0 Å². The number of carbonyl (C=O) groups excluding carboxylic acids is 1. The summed E-state index contributed by atoms with van der Waals surface area (Å²) >= 11 is 0. The van der Waals surface area contributed by atoms with Crippen molar-refractivity contribution in [2.45, 2.75) is 25.9 Å². The average molecular weight is 567 g/mol. The zero-order chi connectivity index (χ0) is 28.7. The Hall–Kier alpha value is -4.16. The predicted molar refractivity (Wildman–Crippen MR) is 147 cm³/mol. The van der Waals surface area contributed by atoms with Crippen LogP contribution in [0.3, 0.4) is 0 Å². The first kappa shape index (κ1) is 27.0. The molecule has 2 aromatic heterocycles. The van der Waals surface area contributed by atoms with Gasteiger partial charge in [-0.05, 0) is 48.7 Å². The zero-order valence-corrected chi connectivity index (χ0v) is 22.4. The number of nitrogens with zero attached hydrogens (tertiary/aromatic N) is 3. The van der Waals surface area contributed by atoms with E-state index in [2.05, 4.69) is 25.2 Å². The van der Waals surface area contributed by atoms with E-state index in [9.17, 15) is 22.8 Å². The summed E-state index contributed by atoms with van der Waals surface area (Å²) in [5.41, 5.74) is 2.81. The van der Waals surface area contributed by atoms with Crippen LogP contribution in [0.25, 0.3) is 22.4 Å². The highest BCUT2D eigenvalue weighted by Crippen LogP contribution is 2.30. The van der Waals surface area contributed by atoms with Crippen molar-refractivity contribution in [2.24, 2.45) is 0 Å². The summed E-state index contributed by atoms with van der Waals surface area (Å²) in [6, 6.07) is 6.25. The Morgan fingerprint density at radius 3 is 2.71 bits per heavy atom. The fourth-order valence-electron chi connectivity index (χ4n) is 5.50. The van der Waals surface area contributed by atoms with Gasteiger partial charge >= 0.3 is 0 Å². The maximum absolute atomic E-state index is 14.2. The van der Waals surface area contributed by atoms with Crippen LogP contribution < -0.4 is 10.9 Å². The second-order valence-electron chi connectivity index (χ2n) is 10.5. The molecule has 2 aliphatic heterocycles. The van der Waals surface area contributed by atoms with E-state index in [1.54, 1.807) is 19.1 Å². The van der Waals surface area contributed by atoms with Crippen LogP contribution in [0.1, 0.15) is 28.4 Å². The van der Waals surface area contributed by atoms with Gasteiger partial charge in [0.1, 0.15) is 17.2 Å². The van der Waals surface area contributed by atoms with Gasteiger partial charge < -0.3 is 24.9 Å². The van der Waals surface area contributed by atoms with Gasteiger partial charge in [-0.3, -0.25) is 14.5 Å². The first-order valence-corrected chi connectivity index (χ1v) is 13.5. The summed E-state index contributed by atoms with van der Waals surface area (Å²) < 4.78 is 46.9. The number of aromatic amines is 2. The summed E-state index contributed by atoms with van der Waals surface area (Å²) in [6.07, 6.45) is 1.44. The number of halogens is 3. The molecule has 0 radical (unpaired) electrons. The van der Waals surface area contributed by atoms with Crippen molar-refractivity contribution in [3.8, 4) is 11.4 Å². The Kier molecular flexibility index (Phi) is 7.26. The van der Waals surface area contributed by atoms with Gasteiger partial charge in [-0.1, -0.05) is 0 Å². The topological polar surface area (TPSA) is 106 Å². The molecule has 0 unspecified atom stereocenters. The van der Waals surface area contributed by atoms with Crippen molar-refractivity contribution in [2.75, 3.05) is 44.7 Å². The smallest absolute Gasteiger partial charge is 0.261 e. The van der Waals surface area contributed by atoms with E-state index in [1.165, 1.54) is 6.20 Å². The lowest BCUT2D eigenvalue weighted by Gasteiger charge is -2.28. The number of pyridine rings is 1. The Labute approximate surface area is 233 Å². The van der Waals surface area contributed by atoms with E-state index >= 15 is 0 Å². The SMILES string of the molecule is C[C@@H](Cc1cc(F)cc(F)c1F)Nc1cc[nH]c(=O)c1-c1nc2cc3c(cc2[nH]1)CN(CCN1CCOCC1)C3=O. The summed E-state index contributed by atoms with van der Waals surface area (Å²) in [5, 5.41) is 3.14. The fourth-order valence-corrected chi connectivity index (χ4v) is 5.50. The molecule has 9 nitrogen and oxygen atoms in total. The molecule has 4 aromatic rings. The second-order valence-corrected chi connectivity index (χ2v) is 10.5. The van der Waals surface area contributed by atoms with Crippen LogP contribution in [-0.4, -0.2) is 76.1 Å². The van der Waals surface area contributed by atoms with Crippen molar-refractivity contribution in [1.29, 1.82) is 0 Å². The third kappa shape index (κ3) is 5.44. The van der Waals surface area contributed by atoms with Crippen molar-refractivity contribution >= 4 is 22.6 Å². The van der Waals surface area contributed by atoms with Crippen molar-refractivity contribution in [1.82, 2.24) is 24.8 Å². The fraction of sp³-hybridized carbons (Fsp3) is 0.345. The van der Waals surface area contributed by atoms with E-state index < -0.39 is 29.1 Å². The number of ether oxygens (including phenoxy) is 1. The molecule has 3 N–H and O–H groups in total. The van der Waals surface area contributed by atoms with Crippen LogP contribution in [0, 0.1) is 17.5 Å². The second kappa shape index (κ2) is 11.0. The number of nitrogens with one attached hydrogen (secondary N) is 3. The number of carbonyl (C=O) groups is 1. The van der Waals surface area contributed by atoms with Gasteiger partial charge in [0.2, 0.25) is 0 Å². The first-order valence-electron chi connectivity index (χ1n) is 13.5. The molecule has 12 heteroatoms. The summed E-state index contributed by atoms with van der Waals surface area (Å²) in [6.45, 7) is 6.76. The average Bonchev–Trinajstić information content (AvgIpc) is 3.49. The Morgan fingerprint density at radius 1 is 1.10 bits per heavy atom. The third-order valence-corrected chi connectivity index (χ3v) is 7.57. The molecule has 1 saturated heterocycles. The van der Waals surface area contributed by atoms with Crippen LogP contribution in [-0.2, 0) is 17.7 Å². The molecule has 2 aliphatic rings. The molecule has 0 aliphatic carbocycles. The Balaban J connectivity index is 1.22. The van der Waals surface area contributed by atoms with E-state index in [0.717, 1.165) is 31.3 Å². The van der Waals surface area contributed by atoms with Crippen molar-refractivity contribution < 1.29 is 22.7 Å². The molecule has 0 spiro atoms. The molecule has 2 aromatic carbocycles. The van der Waals surface area contributed by atoms with Gasteiger partial charge in [0.05, 0.1) is 29.9 Å². The lowest BCUT2D eigenvalue weighted by Crippen LogP contribution is -2.41. The van der Waals surface area contributed by atoms with Gasteiger partial charge in [0, 0.05) is 56.6 Å². The quantitative estimate of drug-likeness (QED) is 0.281. The van der Waals surface area contributed by atoms with E-state index in [4.69, 9.17) is 4.74 Å². The monoisotopic (exact) mass is 566 g/mol. The number of imidazole rings is 1.